The normalized spacial score (nSPS) is 23.3. The van der Waals surface area contributed by atoms with E-state index in [2.05, 4.69) is 61.5 Å². The summed E-state index contributed by atoms with van der Waals surface area (Å²) < 4.78 is 0. The van der Waals surface area contributed by atoms with Gasteiger partial charge in [-0.15, -0.1) is 0 Å². The van der Waals surface area contributed by atoms with Gasteiger partial charge < -0.3 is 0 Å². The largest absolute Gasteiger partial charge is 0.0555 e. The average Bonchev–Trinajstić information content (AvgIpc) is 3.32. The first-order valence-corrected chi connectivity index (χ1v) is 26.0. The lowest BCUT2D eigenvalue weighted by atomic mass is 9.67. The number of benzene rings is 3. The van der Waals surface area contributed by atoms with Gasteiger partial charge in [-0.25, -0.2) is 0 Å². The summed E-state index contributed by atoms with van der Waals surface area (Å²) >= 11 is 0. The third-order valence-electron chi connectivity index (χ3n) is 17.6. The van der Waals surface area contributed by atoms with Gasteiger partial charge in [-0.05, 0) is 175 Å². The molecule has 0 bridgehead atoms. The summed E-state index contributed by atoms with van der Waals surface area (Å²) in [6.07, 6.45) is 44.8. The molecule has 0 unspecified atom stereocenters. The van der Waals surface area contributed by atoms with Crippen LogP contribution in [0.2, 0.25) is 0 Å². The van der Waals surface area contributed by atoms with Crippen molar-refractivity contribution in [3.05, 3.63) is 105 Å². The zero-order chi connectivity index (χ0) is 39.2. The molecule has 0 aliphatic heterocycles. The summed E-state index contributed by atoms with van der Waals surface area (Å²) in [5, 5.41) is 0. The van der Waals surface area contributed by atoms with Crippen LogP contribution in [0.1, 0.15) is 292 Å². The first-order valence-electron chi connectivity index (χ1n) is 26.0. The van der Waals surface area contributed by atoms with Gasteiger partial charge in [0.15, 0.2) is 0 Å². The van der Waals surface area contributed by atoms with E-state index in [-0.39, 0.29) is 5.41 Å². The summed E-state index contributed by atoms with van der Waals surface area (Å²) in [7, 11) is 0. The Balaban J connectivity index is 1.16. The highest BCUT2D eigenvalue weighted by molar-refractivity contribution is 5.48. The Morgan fingerprint density at radius 2 is 0.534 bits per heavy atom. The maximum atomic E-state index is 2.81. The van der Waals surface area contributed by atoms with Gasteiger partial charge >= 0.3 is 0 Å². The standard InChI is InChI=1S/C58H82/c1-58(56-39-52(46-24-12-4-13-25-46)37-53(40-56)47-26-14-5-15-27-47,57-41-54(48-28-16-6-17-29-48)38-55(42-57)49-30-18-7-19-31-49)33-32-43-34-50(44-20-8-2-9-21-44)36-51(35-43)45-22-10-3-11-23-45/h34-42,44-49H,2-33H2,1H3. The van der Waals surface area contributed by atoms with Gasteiger partial charge in [0.1, 0.15) is 0 Å². The molecule has 58 heavy (non-hydrogen) atoms. The van der Waals surface area contributed by atoms with E-state index < -0.39 is 0 Å². The van der Waals surface area contributed by atoms with Crippen LogP contribution in [-0.2, 0) is 11.8 Å². The maximum Gasteiger partial charge on any atom is 0.0178 e. The quantitative estimate of drug-likeness (QED) is 0.182. The van der Waals surface area contributed by atoms with E-state index in [4.69, 9.17) is 0 Å². The van der Waals surface area contributed by atoms with Crippen LogP contribution >= 0.6 is 0 Å². The SMILES string of the molecule is CC(CCc1cc(C2CCCCC2)cc(C2CCCCC2)c1)(c1cc(C2CCCCC2)cc(C2CCCCC2)c1)c1cc(C2CCCCC2)cc(C2CCCCC2)c1. The van der Waals surface area contributed by atoms with Crippen molar-refractivity contribution < 1.29 is 0 Å². The molecular weight excluding hydrogens is 697 g/mol. The molecule has 6 saturated carbocycles. The molecule has 0 aromatic heterocycles. The predicted molar refractivity (Wildman–Crippen MR) is 249 cm³/mol. The molecule has 6 aliphatic carbocycles. The Kier molecular flexibility index (Phi) is 13.9. The lowest BCUT2D eigenvalue weighted by Crippen LogP contribution is -2.27. The monoisotopic (exact) mass is 779 g/mol. The van der Waals surface area contributed by atoms with Crippen LogP contribution in [0.4, 0.5) is 0 Å². The third kappa shape index (κ3) is 9.73. The lowest BCUT2D eigenvalue weighted by molar-refractivity contribution is 0.429. The molecule has 0 N–H and O–H groups in total. The Morgan fingerprint density at radius 3 is 0.776 bits per heavy atom. The Morgan fingerprint density at radius 1 is 0.310 bits per heavy atom. The Hall–Kier alpha value is -2.34. The van der Waals surface area contributed by atoms with Crippen molar-refractivity contribution in [3.63, 3.8) is 0 Å². The molecule has 0 radical (unpaired) electrons. The van der Waals surface area contributed by atoms with E-state index in [0.717, 1.165) is 35.5 Å². The fourth-order valence-corrected chi connectivity index (χ4v) is 13.8. The van der Waals surface area contributed by atoms with Crippen molar-refractivity contribution >= 4 is 0 Å². The molecule has 314 valence electrons. The molecule has 3 aromatic carbocycles. The molecule has 0 amide bonds. The van der Waals surface area contributed by atoms with Gasteiger partial charge in [0.2, 0.25) is 0 Å². The number of hydrogen-bond acceptors (Lipinski definition) is 0. The molecule has 9 rings (SSSR count). The predicted octanol–water partition coefficient (Wildman–Crippen LogP) is 17.9. The minimum absolute atomic E-state index is 0.0198. The molecule has 6 aliphatic rings. The first kappa shape index (κ1) is 41.0. The molecule has 0 nitrogen and oxygen atoms in total. The van der Waals surface area contributed by atoms with Gasteiger partial charge in [0, 0.05) is 5.41 Å². The summed E-state index contributed by atoms with van der Waals surface area (Å²) in [6, 6.07) is 24.9. The fraction of sp³-hybridized carbons (Fsp3) is 0.690. The summed E-state index contributed by atoms with van der Waals surface area (Å²) in [6.45, 7) is 2.75. The topological polar surface area (TPSA) is 0 Å². The second kappa shape index (κ2) is 19.6. The zero-order valence-corrected chi connectivity index (χ0v) is 37.3. The second-order valence-electron chi connectivity index (χ2n) is 21.6. The highest BCUT2D eigenvalue weighted by atomic mass is 14.4. The van der Waals surface area contributed by atoms with Crippen molar-refractivity contribution in [1.29, 1.82) is 0 Å². The first-order chi connectivity index (χ1) is 28.6. The molecule has 0 heterocycles. The number of rotatable bonds is 11. The van der Waals surface area contributed by atoms with E-state index in [1.54, 1.807) is 50.1 Å². The van der Waals surface area contributed by atoms with E-state index in [1.165, 1.54) is 205 Å². The van der Waals surface area contributed by atoms with Crippen molar-refractivity contribution in [1.82, 2.24) is 0 Å². The number of hydrogen-bond donors (Lipinski definition) is 0. The Labute approximate surface area is 356 Å². The van der Waals surface area contributed by atoms with Gasteiger partial charge in [-0.2, -0.15) is 0 Å². The molecule has 0 heteroatoms. The third-order valence-corrected chi connectivity index (χ3v) is 17.6. The molecule has 0 saturated heterocycles. The van der Waals surface area contributed by atoms with Crippen molar-refractivity contribution in [3.8, 4) is 0 Å². The second-order valence-corrected chi connectivity index (χ2v) is 21.6. The van der Waals surface area contributed by atoms with Crippen molar-refractivity contribution in [2.45, 2.75) is 253 Å². The van der Waals surface area contributed by atoms with E-state index in [1.807, 2.05) is 0 Å². The summed E-state index contributed by atoms with van der Waals surface area (Å²) in [5.74, 6) is 4.54. The summed E-state index contributed by atoms with van der Waals surface area (Å²) in [5.41, 5.74) is 15.2. The van der Waals surface area contributed by atoms with E-state index >= 15 is 0 Å². The smallest absolute Gasteiger partial charge is 0.0178 e. The number of aryl methyl sites for hydroxylation is 1. The lowest BCUT2D eigenvalue weighted by Gasteiger charge is -2.36. The van der Waals surface area contributed by atoms with E-state index in [0.29, 0.717) is 0 Å². The van der Waals surface area contributed by atoms with Crippen LogP contribution in [-0.4, -0.2) is 0 Å². The van der Waals surface area contributed by atoms with Crippen LogP contribution in [0.25, 0.3) is 0 Å². The Bertz CT molecular complexity index is 1550. The zero-order valence-electron chi connectivity index (χ0n) is 37.3. The van der Waals surface area contributed by atoms with Crippen molar-refractivity contribution in [2.24, 2.45) is 0 Å². The van der Waals surface area contributed by atoms with Gasteiger partial charge in [0.05, 0.1) is 0 Å². The minimum Gasteiger partial charge on any atom is -0.0555 e. The minimum atomic E-state index is -0.0198. The van der Waals surface area contributed by atoms with Crippen LogP contribution in [0.15, 0.2) is 54.6 Å². The molecule has 6 fully saturated rings. The van der Waals surface area contributed by atoms with Gasteiger partial charge in [-0.1, -0.05) is 177 Å². The highest BCUT2D eigenvalue weighted by Crippen LogP contribution is 2.47. The van der Waals surface area contributed by atoms with Crippen LogP contribution in [0, 0.1) is 0 Å². The van der Waals surface area contributed by atoms with Gasteiger partial charge in [-0.3, -0.25) is 0 Å². The molecule has 0 spiro atoms. The van der Waals surface area contributed by atoms with Gasteiger partial charge in [0.25, 0.3) is 0 Å². The fourth-order valence-electron chi connectivity index (χ4n) is 13.8. The molecule has 3 aromatic rings. The van der Waals surface area contributed by atoms with Crippen molar-refractivity contribution in [2.75, 3.05) is 0 Å². The maximum absolute atomic E-state index is 2.81. The highest BCUT2D eigenvalue weighted by Gasteiger charge is 2.34. The van der Waals surface area contributed by atoms with Crippen LogP contribution in [0.3, 0.4) is 0 Å². The van der Waals surface area contributed by atoms with E-state index in [9.17, 15) is 0 Å². The van der Waals surface area contributed by atoms with Crippen LogP contribution in [0.5, 0.6) is 0 Å². The molecular formula is C58H82. The summed E-state index contributed by atoms with van der Waals surface area (Å²) in [4.78, 5) is 0. The van der Waals surface area contributed by atoms with Crippen LogP contribution < -0.4 is 0 Å². The molecule has 0 atom stereocenters. The average molecular weight is 779 g/mol.